The van der Waals surface area contributed by atoms with Gasteiger partial charge >= 0.3 is 0 Å². The molecule has 1 aliphatic heterocycles. The normalized spacial score (nSPS) is 13.7. The first kappa shape index (κ1) is 19.3. The van der Waals surface area contributed by atoms with Crippen LogP contribution in [0.1, 0.15) is 45.2 Å². The Morgan fingerprint density at radius 3 is 2.62 bits per heavy atom. The third kappa shape index (κ3) is 3.65. The van der Waals surface area contributed by atoms with Gasteiger partial charge in [0.05, 0.1) is 10.6 Å². The minimum absolute atomic E-state index is 0.0782. The average molecular weight is 406 g/mol. The molecule has 1 aliphatic rings. The van der Waals surface area contributed by atoms with Gasteiger partial charge in [0.2, 0.25) is 0 Å². The van der Waals surface area contributed by atoms with Gasteiger partial charge < -0.3 is 10.6 Å². The molecule has 2 aromatic heterocycles. The number of thiazole rings is 1. The molecule has 1 amide bonds. The second-order valence-electron chi connectivity index (χ2n) is 7.30. The summed E-state index contributed by atoms with van der Waals surface area (Å²) < 4.78 is 0. The first-order chi connectivity index (χ1) is 14.0. The second kappa shape index (κ2) is 7.75. The maximum absolute atomic E-state index is 13.2. The van der Waals surface area contributed by atoms with E-state index >= 15 is 0 Å². The van der Waals surface area contributed by atoms with Crippen LogP contribution in [0.4, 0.5) is 5.69 Å². The lowest BCUT2D eigenvalue weighted by Crippen LogP contribution is -2.28. The van der Waals surface area contributed by atoms with Crippen molar-refractivity contribution in [1.82, 2.24) is 14.9 Å². The maximum atomic E-state index is 13.2. The number of carbonyl (C=O) groups is 1. The third-order valence-electron chi connectivity index (χ3n) is 5.20. The number of benzene rings is 1. The number of para-hydroxylation sites is 1. The van der Waals surface area contributed by atoms with Gasteiger partial charge in [-0.25, -0.2) is 4.98 Å². The molecule has 3 heterocycles. The first-order valence-corrected chi connectivity index (χ1v) is 10.4. The number of aryl methyl sites for hydroxylation is 2. The van der Waals surface area contributed by atoms with Crippen molar-refractivity contribution in [2.45, 2.75) is 26.7 Å². The number of rotatable bonds is 4. The van der Waals surface area contributed by atoms with Crippen molar-refractivity contribution in [2.75, 3.05) is 18.8 Å². The number of nitrogen functional groups attached to an aromatic ring is 1. The van der Waals surface area contributed by atoms with Gasteiger partial charge in [0.1, 0.15) is 10.7 Å². The van der Waals surface area contributed by atoms with Crippen LogP contribution >= 0.6 is 11.3 Å². The molecule has 1 fully saturated rings. The lowest BCUT2D eigenvalue weighted by molar-refractivity contribution is 0.0788. The molecule has 4 rings (SSSR count). The summed E-state index contributed by atoms with van der Waals surface area (Å²) in [4.78, 5) is 24.7. The van der Waals surface area contributed by atoms with Gasteiger partial charge in [-0.1, -0.05) is 24.3 Å². The van der Waals surface area contributed by atoms with Gasteiger partial charge in [0.15, 0.2) is 0 Å². The van der Waals surface area contributed by atoms with Gasteiger partial charge in [0.25, 0.3) is 5.91 Å². The number of carbonyl (C=O) groups excluding carboxylic acids is 1. The van der Waals surface area contributed by atoms with E-state index in [1.54, 1.807) is 6.20 Å². The fourth-order valence-electron chi connectivity index (χ4n) is 3.45. The van der Waals surface area contributed by atoms with Crippen molar-refractivity contribution >= 4 is 28.6 Å². The van der Waals surface area contributed by atoms with Gasteiger partial charge in [-0.3, -0.25) is 15.2 Å². The number of aromatic nitrogens is 2. The number of pyridine rings is 1. The Labute approximate surface area is 173 Å². The summed E-state index contributed by atoms with van der Waals surface area (Å²) in [5.74, 6) is -0.0782. The molecule has 3 N–H and O–H groups in total. The van der Waals surface area contributed by atoms with Crippen LogP contribution < -0.4 is 5.73 Å². The SMILES string of the molecule is Cc1ccc(-c2sc(C(=N)c3cccc(C)c3N)nc2C(=O)N2CCCC2)cn1. The van der Waals surface area contributed by atoms with E-state index in [1.807, 2.05) is 49.1 Å². The zero-order chi connectivity index (χ0) is 20.5. The first-order valence-electron chi connectivity index (χ1n) is 9.63. The average Bonchev–Trinajstić information content (AvgIpc) is 3.40. The van der Waals surface area contributed by atoms with Crippen molar-refractivity contribution in [3.05, 3.63) is 64.1 Å². The molecule has 3 aromatic rings. The van der Waals surface area contributed by atoms with Crippen LogP contribution in [-0.2, 0) is 0 Å². The van der Waals surface area contributed by atoms with E-state index in [2.05, 4.69) is 9.97 Å². The smallest absolute Gasteiger partial charge is 0.274 e. The number of hydrogen-bond donors (Lipinski definition) is 2. The van der Waals surface area contributed by atoms with Crippen LogP contribution in [0, 0.1) is 19.3 Å². The largest absolute Gasteiger partial charge is 0.398 e. The van der Waals surface area contributed by atoms with E-state index < -0.39 is 0 Å². The van der Waals surface area contributed by atoms with Crippen LogP contribution in [0.3, 0.4) is 0 Å². The Morgan fingerprint density at radius 2 is 1.93 bits per heavy atom. The molecular weight excluding hydrogens is 382 g/mol. The number of likely N-dealkylation sites (tertiary alicyclic amines) is 1. The summed E-state index contributed by atoms with van der Waals surface area (Å²) in [5.41, 5.74) is 10.7. The highest BCUT2D eigenvalue weighted by atomic mass is 32.1. The second-order valence-corrected chi connectivity index (χ2v) is 8.29. The van der Waals surface area contributed by atoms with Gasteiger partial charge in [-0.15, -0.1) is 11.3 Å². The van der Waals surface area contributed by atoms with Gasteiger partial charge in [-0.05, 0) is 38.3 Å². The molecule has 0 saturated carbocycles. The summed E-state index contributed by atoms with van der Waals surface area (Å²) in [7, 11) is 0. The van der Waals surface area contributed by atoms with Crippen LogP contribution in [0.15, 0.2) is 36.5 Å². The van der Waals surface area contributed by atoms with Crippen LogP contribution in [0.2, 0.25) is 0 Å². The number of anilines is 1. The van der Waals surface area contributed by atoms with Crippen LogP contribution in [0.5, 0.6) is 0 Å². The Hall–Kier alpha value is -3.06. The Kier molecular flexibility index (Phi) is 5.15. The van der Waals surface area contributed by atoms with Crippen molar-refractivity contribution in [3.8, 4) is 10.4 Å². The molecule has 148 valence electrons. The molecule has 1 saturated heterocycles. The van der Waals surface area contributed by atoms with E-state index in [0.717, 1.165) is 47.6 Å². The third-order valence-corrected chi connectivity index (χ3v) is 6.33. The Morgan fingerprint density at radius 1 is 1.17 bits per heavy atom. The summed E-state index contributed by atoms with van der Waals surface area (Å²) in [6.45, 7) is 5.34. The molecule has 0 atom stereocenters. The monoisotopic (exact) mass is 405 g/mol. The molecule has 1 aromatic carbocycles. The molecular formula is C22H23N5OS. The lowest BCUT2D eigenvalue weighted by atomic mass is 10.0. The number of nitrogens with zero attached hydrogens (tertiary/aromatic N) is 3. The molecule has 0 spiro atoms. The predicted molar refractivity (Wildman–Crippen MR) is 117 cm³/mol. The van der Waals surface area contributed by atoms with Crippen LogP contribution in [-0.4, -0.2) is 39.6 Å². The van der Waals surface area contributed by atoms with E-state index in [1.165, 1.54) is 11.3 Å². The molecule has 0 aliphatic carbocycles. The molecule has 0 radical (unpaired) electrons. The predicted octanol–water partition coefficient (Wildman–Crippen LogP) is 4.06. The van der Waals surface area contributed by atoms with E-state index in [0.29, 0.717) is 22.0 Å². The van der Waals surface area contributed by atoms with Crippen molar-refractivity contribution in [1.29, 1.82) is 5.41 Å². The highest BCUT2D eigenvalue weighted by molar-refractivity contribution is 7.17. The summed E-state index contributed by atoms with van der Waals surface area (Å²) >= 11 is 1.34. The van der Waals surface area contributed by atoms with E-state index in [9.17, 15) is 4.79 Å². The molecule has 0 bridgehead atoms. The van der Waals surface area contributed by atoms with E-state index in [4.69, 9.17) is 11.1 Å². The minimum atomic E-state index is -0.0782. The zero-order valence-corrected chi connectivity index (χ0v) is 17.3. The van der Waals surface area contributed by atoms with Crippen LogP contribution in [0.25, 0.3) is 10.4 Å². The van der Waals surface area contributed by atoms with E-state index in [-0.39, 0.29) is 11.6 Å². The van der Waals surface area contributed by atoms with Crippen molar-refractivity contribution < 1.29 is 4.79 Å². The highest BCUT2D eigenvalue weighted by Crippen LogP contribution is 2.33. The topological polar surface area (TPSA) is 96.0 Å². The van der Waals surface area contributed by atoms with Crippen molar-refractivity contribution in [2.24, 2.45) is 0 Å². The molecule has 7 heteroatoms. The number of nitrogens with two attached hydrogens (primary N) is 1. The summed E-state index contributed by atoms with van der Waals surface area (Å²) in [6.07, 6.45) is 3.79. The summed E-state index contributed by atoms with van der Waals surface area (Å²) in [6, 6.07) is 9.48. The summed E-state index contributed by atoms with van der Waals surface area (Å²) in [5, 5.41) is 9.18. The number of amides is 1. The number of nitrogens with one attached hydrogen (secondary N) is 1. The number of hydrogen-bond acceptors (Lipinski definition) is 6. The Bertz CT molecular complexity index is 1080. The zero-order valence-electron chi connectivity index (χ0n) is 16.5. The van der Waals surface area contributed by atoms with Crippen molar-refractivity contribution in [3.63, 3.8) is 0 Å². The standard InChI is InChI=1S/C22H23N5OS/c1-13-6-5-7-16(17(13)23)18(24)21-26-19(22(28)27-10-3-4-11-27)20(29-21)15-9-8-14(2)25-12-15/h5-9,12,24H,3-4,10-11,23H2,1-2H3. The Balaban J connectivity index is 1.80. The molecule has 6 nitrogen and oxygen atoms in total. The fourth-order valence-corrected chi connectivity index (χ4v) is 4.46. The molecule has 29 heavy (non-hydrogen) atoms. The van der Waals surface area contributed by atoms with Gasteiger partial charge in [-0.2, -0.15) is 0 Å². The quantitative estimate of drug-likeness (QED) is 0.505. The minimum Gasteiger partial charge on any atom is -0.398 e. The highest BCUT2D eigenvalue weighted by Gasteiger charge is 2.27. The van der Waals surface area contributed by atoms with Gasteiger partial charge in [0, 0.05) is 41.8 Å². The maximum Gasteiger partial charge on any atom is 0.274 e. The molecule has 0 unspecified atom stereocenters. The lowest BCUT2D eigenvalue weighted by Gasteiger charge is -2.14. The fraction of sp³-hybridized carbons (Fsp3) is 0.273.